The average molecular weight is 341 g/mol. The van der Waals surface area contributed by atoms with Crippen LogP contribution in [0.15, 0.2) is 42.6 Å². The standard InChI is InChI=1S/C19H17ClN2O2/c20-16-9-18-14(15(10-22-18)19(23)24)8-13(16)11-3-5-12(6-4-11)17-2-1-7-21-17/h3-6,8-10,17,21-22H,1-2,7H2,(H,23,24)/t17-/m0/s1. The van der Waals surface area contributed by atoms with E-state index in [1.54, 1.807) is 6.07 Å². The van der Waals surface area contributed by atoms with Gasteiger partial charge >= 0.3 is 5.97 Å². The van der Waals surface area contributed by atoms with Crippen molar-refractivity contribution < 1.29 is 9.90 Å². The highest BCUT2D eigenvalue weighted by atomic mass is 35.5. The van der Waals surface area contributed by atoms with Gasteiger partial charge in [-0.05, 0) is 42.6 Å². The first-order chi connectivity index (χ1) is 11.6. The van der Waals surface area contributed by atoms with Gasteiger partial charge in [0, 0.05) is 28.7 Å². The van der Waals surface area contributed by atoms with E-state index in [0.717, 1.165) is 29.6 Å². The number of carboxylic acids is 1. The number of hydrogen-bond donors (Lipinski definition) is 3. The van der Waals surface area contributed by atoms with Crippen LogP contribution in [0.25, 0.3) is 22.0 Å². The molecule has 1 aliphatic heterocycles. The number of H-pyrrole nitrogens is 1. The van der Waals surface area contributed by atoms with Gasteiger partial charge < -0.3 is 15.4 Å². The van der Waals surface area contributed by atoms with Gasteiger partial charge in [0.15, 0.2) is 0 Å². The fourth-order valence-corrected chi connectivity index (χ4v) is 3.68. The molecule has 0 unspecified atom stereocenters. The lowest BCUT2D eigenvalue weighted by Crippen LogP contribution is -2.12. The lowest BCUT2D eigenvalue weighted by atomic mass is 9.98. The highest BCUT2D eigenvalue weighted by Gasteiger charge is 2.17. The molecule has 1 fully saturated rings. The van der Waals surface area contributed by atoms with Crippen LogP contribution in [-0.2, 0) is 0 Å². The third-order valence-corrected chi connectivity index (χ3v) is 5.00. The number of benzene rings is 2. The van der Waals surface area contributed by atoms with Crippen LogP contribution in [0.2, 0.25) is 5.02 Å². The number of aromatic nitrogens is 1. The molecule has 0 bridgehead atoms. The van der Waals surface area contributed by atoms with Crippen LogP contribution >= 0.6 is 11.6 Å². The quantitative estimate of drug-likeness (QED) is 0.652. The van der Waals surface area contributed by atoms with E-state index in [0.29, 0.717) is 16.5 Å². The van der Waals surface area contributed by atoms with Crippen LogP contribution in [0.5, 0.6) is 0 Å². The van der Waals surface area contributed by atoms with Crippen molar-refractivity contribution in [1.82, 2.24) is 10.3 Å². The monoisotopic (exact) mass is 340 g/mol. The molecule has 0 spiro atoms. The molecule has 5 heteroatoms. The van der Waals surface area contributed by atoms with Crippen molar-refractivity contribution in [2.24, 2.45) is 0 Å². The number of halogens is 1. The molecule has 4 rings (SSSR count). The molecule has 0 radical (unpaired) electrons. The van der Waals surface area contributed by atoms with Gasteiger partial charge in [-0.25, -0.2) is 4.79 Å². The second-order valence-electron chi connectivity index (χ2n) is 6.16. The number of rotatable bonds is 3. The first-order valence-corrected chi connectivity index (χ1v) is 8.39. The summed E-state index contributed by atoms with van der Waals surface area (Å²) in [6, 6.07) is 12.4. The molecule has 122 valence electrons. The Kier molecular flexibility index (Phi) is 3.79. The minimum atomic E-state index is -0.947. The summed E-state index contributed by atoms with van der Waals surface area (Å²) in [5, 5.41) is 14.1. The van der Waals surface area contributed by atoms with Crippen molar-refractivity contribution in [2.45, 2.75) is 18.9 Å². The second-order valence-corrected chi connectivity index (χ2v) is 6.56. The summed E-state index contributed by atoms with van der Waals surface area (Å²) in [4.78, 5) is 14.3. The molecule has 3 aromatic rings. The SMILES string of the molecule is O=C(O)c1c[nH]c2cc(Cl)c(-c3ccc([C@@H]4CCCN4)cc3)cc12. The molecular formula is C19H17ClN2O2. The molecule has 0 saturated carbocycles. The summed E-state index contributed by atoms with van der Waals surface area (Å²) in [6.45, 7) is 1.07. The van der Waals surface area contributed by atoms with Crippen molar-refractivity contribution >= 4 is 28.5 Å². The normalized spacial score (nSPS) is 17.5. The maximum atomic E-state index is 11.3. The predicted molar refractivity (Wildman–Crippen MR) is 95.7 cm³/mol. The average Bonchev–Trinajstić information content (AvgIpc) is 3.23. The predicted octanol–water partition coefficient (Wildman–Crippen LogP) is 4.61. The van der Waals surface area contributed by atoms with Crippen LogP contribution in [0.3, 0.4) is 0 Å². The molecule has 3 N–H and O–H groups in total. The highest BCUT2D eigenvalue weighted by Crippen LogP contribution is 2.34. The van der Waals surface area contributed by atoms with Gasteiger partial charge in [-0.1, -0.05) is 35.9 Å². The van der Waals surface area contributed by atoms with Crippen molar-refractivity contribution in [2.75, 3.05) is 6.54 Å². The van der Waals surface area contributed by atoms with E-state index in [1.807, 2.05) is 6.07 Å². The van der Waals surface area contributed by atoms with E-state index >= 15 is 0 Å². The Morgan fingerprint density at radius 3 is 2.67 bits per heavy atom. The molecule has 1 aromatic heterocycles. The van der Waals surface area contributed by atoms with Crippen molar-refractivity contribution in [3.05, 3.63) is 58.7 Å². The van der Waals surface area contributed by atoms with Gasteiger partial charge in [0.1, 0.15) is 0 Å². The minimum absolute atomic E-state index is 0.259. The largest absolute Gasteiger partial charge is 0.478 e. The summed E-state index contributed by atoms with van der Waals surface area (Å²) < 4.78 is 0. The van der Waals surface area contributed by atoms with E-state index in [-0.39, 0.29) is 5.56 Å². The second kappa shape index (κ2) is 5.96. The smallest absolute Gasteiger partial charge is 0.337 e. The molecule has 1 atom stereocenters. The van der Waals surface area contributed by atoms with E-state index < -0.39 is 5.97 Å². The van der Waals surface area contributed by atoms with Crippen LogP contribution in [0, 0.1) is 0 Å². The lowest BCUT2D eigenvalue weighted by molar-refractivity contribution is 0.0699. The van der Waals surface area contributed by atoms with Crippen molar-refractivity contribution in [1.29, 1.82) is 0 Å². The molecule has 4 nitrogen and oxygen atoms in total. The highest BCUT2D eigenvalue weighted by molar-refractivity contribution is 6.34. The summed E-state index contributed by atoms with van der Waals surface area (Å²) in [5.41, 5.74) is 4.10. The fourth-order valence-electron chi connectivity index (χ4n) is 3.41. The zero-order valence-electron chi connectivity index (χ0n) is 13.0. The maximum absolute atomic E-state index is 11.3. The Hall–Kier alpha value is -2.30. The topological polar surface area (TPSA) is 65.1 Å². The number of carboxylic acid groups (broad SMARTS) is 1. The van der Waals surface area contributed by atoms with Gasteiger partial charge in [0.05, 0.1) is 10.6 Å². The molecule has 1 saturated heterocycles. The molecule has 0 amide bonds. The number of carbonyl (C=O) groups is 1. The Balaban J connectivity index is 1.76. The Morgan fingerprint density at radius 1 is 1.21 bits per heavy atom. The van der Waals surface area contributed by atoms with Gasteiger partial charge in [-0.15, -0.1) is 0 Å². The summed E-state index contributed by atoms with van der Waals surface area (Å²) >= 11 is 6.41. The Labute approximate surface area is 144 Å². The molecule has 1 aliphatic rings. The molecular weight excluding hydrogens is 324 g/mol. The van der Waals surface area contributed by atoms with Crippen LogP contribution in [0.1, 0.15) is 34.8 Å². The Morgan fingerprint density at radius 2 is 2.00 bits per heavy atom. The van der Waals surface area contributed by atoms with Crippen molar-refractivity contribution in [3.63, 3.8) is 0 Å². The summed E-state index contributed by atoms with van der Waals surface area (Å²) in [6.07, 6.45) is 3.87. The lowest BCUT2D eigenvalue weighted by Gasteiger charge is -2.12. The fraction of sp³-hybridized carbons (Fsp3) is 0.211. The molecule has 2 aromatic carbocycles. The third-order valence-electron chi connectivity index (χ3n) is 4.68. The zero-order chi connectivity index (χ0) is 16.7. The number of fused-ring (bicyclic) bond motifs is 1. The zero-order valence-corrected chi connectivity index (χ0v) is 13.7. The summed E-state index contributed by atoms with van der Waals surface area (Å²) in [7, 11) is 0. The van der Waals surface area contributed by atoms with E-state index in [1.165, 1.54) is 18.2 Å². The van der Waals surface area contributed by atoms with Gasteiger partial charge in [-0.2, -0.15) is 0 Å². The van der Waals surface area contributed by atoms with Crippen molar-refractivity contribution in [3.8, 4) is 11.1 Å². The van der Waals surface area contributed by atoms with Gasteiger partial charge in [0.25, 0.3) is 0 Å². The van der Waals surface area contributed by atoms with Crippen LogP contribution in [-0.4, -0.2) is 22.6 Å². The van der Waals surface area contributed by atoms with Gasteiger partial charge in [-0.3, -0.25) is 0 Å². The van der Waals surface area contributed by atoms with E-state index in [2.05, 4.69) is 34.6 Å². The van der Waals surface area contributed by atoms with E-state index in [9.17, 15) is 9.90 Å². The summed E-state index contributed by atoms with van der Waals surface area (Å²) in [5.74, 6) is -0.947. The number of aromatic carboxylic acids is 1. The number of nitrogens with one attached hydrogen (secondary N) is 2. The molecule has 24 heavy (non-hydrogen) atoms. The van der Waals surface area contributed by atoms with Crippen LogP contribution < -0.4 is 5.32 Å². The Bertz CT molecular complexity index is 909. The molecule has 2 heterocycles. The number of aromatic amines is 1. The molecule has 0 aliphatic carbocycles. The number of hydrogen-bond acceptors (Lipinski definition) is 2. The first-order valence-electron chi connectivity index (χ1n) is 8.01. The minimum Gasteiger partial charge on any atom is -0.478 e. The first kappa shape index (κ1) is 15.2. The van der Waals surface area contributed by atoms with E-state index in [4.69, 9.17) is 11.6 Å². The van der Waals surface area contributed by atoms with Crippen LogP contribution in [0.4, 0.5) is 0 Å². The third kappa shape index (κ3) is 2.58. The maximum Gasteiger partial charge on any atom is 0.337 e. The van der Waals surface area contributed by atoms with Gasteiger partial charge in [0.2, 0.25) is 0 Å².